The topological polar surface area (TPSA) is 80.3 Å². The Kier molecular flexibility index (Phi) is 6.36. The number of hydrogen-bond acceptors (Lipinski definition) is 4. The minimum atomic E-state index is -0.235. The number of rotatable bonds is 7. The lowest BCUT2D eigenvalue weighted by atomic mass is 10.2. The van der Waals surface area contributed by atoms with Gasteiger partial charge in [-0.3, -0.25) is 14.6 Å². The van der Waals surface area contributed by atoms with Gasteiger partial charge < -0.3 is 15.4 Å². The molecule has 2 amide bonds. The summed E-state index contributed by atoms with van der Waals surface area (Å²) in [5.74, 6) is 0.201. The summed E-state index contributed by atoms with van der Waals surface area (Å²) >= 11 is 0. The molecule has 0 unspecified atom stereocenters. The highest BCUT2D eigenvalue weighted by molar-refractivity contribution is 6.04. The smallest absolute Gasteiger partial charge is 0.258 e. The predicted octanol–water partition coefficient (Wildman–Crippen LogP) is 3.34. The lowest BCUT2D eigenvalue weighted by Crippen LogP contribution is -2.28. The SMILES string of the molecule is Cc1ccc(OCC(=O)NCc2cccc(NC(=O)c3cccnc3)c2)cc1. The van der Waals surface area contributed by atoms with E-state index in [9.17, 15) is 9.59 Å². The number of aryl methyl sites for hydroxylation is 1. The molecule has 28 heavy (non-hydrogen) atoms. The highest BCUT2D eigenvalue weighted by Crippen LogP contribution is 2.13. The molecule has 0 aliphatic carbocycles. The number of aromatic nitrogens is 1. The van der Waals surface area contributed by atoms with Crippen molar-refractivity contribution in [3.63, 3.8) is 0 Å². The maximum Gasteiger partial charge on any atom is 0.258 e. The number of hydrogen-bond donors (Lipinski definition) is 2. The number of ether oxygens (including phenoxy) is 1. The van der Waals surface area contributed by atoms with Gasteiger partial charge in [-0.05, 0) is 48.9 Å². The minimum Gasteiger partial charge on any atom is -0.484 e. The van der Waals surface area contributed by atoms with E-state index in [2.05, 4.69) is 15.6 Å². The van der Waals surface area contributed by atoms with Crippen LogP contribution in [0.3, 0.4) is 0 Å². The fourth-order valence-electron chi connectivity index (χ4n) is 2.49. The first-order valence-corrected chi connectivity index (χ1v) is 8.86. The molecule has 0 spiro atoms. The van der Waals surface area contributed by atoms with Crippen LogP contribution in [-0.2, 0) is 11.3 Å². The maximum atomic E-state index is 12.2. The Hall–Kier alpha value is -3.67. The molecular formula is C22H21N3O3. The molecule has 6 heteroatoms. The van der Waals surface area contributed by atoms with E-state index < -0.39 is 0 Å². The second-order valence-electron chi connectivity index (χ2n) is 6.27. The fraction of sp³-hybridized carbons (Fsp3) is 0.136. The molecule has 0 radical (unpaired) electrons. The van der Waals surface area contributed by atoms with Crippen molar-refractivity contribution in [3.8, 4) is 5.75 Å². The third-order valence-electron chi connectivity index (χ3n) is 3.99. The van der Waals surface area contributed by atoms with Crippen LogP contribution in [0.25, 0.3) is 0 Å². The van der Waals surface area contributed by atoms with E-state index in [-0.39, 0.29) is 18.4 Å². The Morgan fingerprint density at radius 2 is 1.86 bits per heavy atom. The van der Waals surface area contributed by atoms with Crippen molar-refractivity contribution in [2.24, 2.45) is 0 Å². The number of carbonyl (C=O) groups is 2. The van der Waals surface area contributed by atoms with Gasteiger partial charge in [-0.15, -0.1) is 0 Å². The van der Waals surface area contributed by atoms with E-state index in [1.807, 2.05) is 49.4 Å². The van der Waals surface area contributed by atoms with Crippen molar-refractivity contribution in [3.05, 3.63) is 89.7 Å². The number of amides is 2. The van der Waals surface area contributed by atoms with Crippen molar-refractivity contribution in [2.45, 2.75) is 13.5 Å². The summed E-state index contributed by atoms with van der Waals surface area (Å²) in [7, 11) is 0. The second kappa shape index (κ2) is 9.32. The highest BCUT2D eigenvalue weighted by Gasteiger charge is 2.07. The van der Waals surface area contributed by atoms with Gasteiger partial charge in [-0.2, -0.15) is 0 Å². The van der Waals surface area contributed by atoms with Gasteiger partial charge in [0.1, 0.15) is 5.75 Å². The Labute approximate surface area is 163 Å². The van der Waals surface area contributed by atoms with E-state index in [4.69, 9.17) is 4.74 Å². The molecule has 0 atom stereocenters. The molecule has 2 aromatic carbocycles. The van der Waals surface area contributed by atoms with E-state index in [1.54, 1.807) is 24.4 Å². The van der Waals surface area contributed by atoms with Gasteiger partial charge in [0.25, 0.3) is 11.8 Å². The zero-order valence-electron chi connectivity index (χ0n) is 15.5. The third kappa shape index (κ3) is 5.67. The van der Waals surface area contributed by atoms with Gasteiger partial charge in [0, 0.05) is 24.6 Å². The number of nitrogens with zero attached hydrogens (tertiary/aromatic N) is 1. The lowest BCUT2D eigenvalue weighted by Gasteiger charge is -2.10. The molecule has 3 aromatic rings. The Morgan fingerprint density at radius 1 is 1.04 bits per heavy atom. The summed E-state index contributed by atoms with van der Waals surface area (Å²) in [5, 5.41) is 5.63. The molecule has 0 saturated carbocycles. The Bertz CT molecular complexity index is 941. The van der Waals surface area contributed by atoms with Crippen LogP contribution in [0.5, 0.6) is 5.75 Å². The zero-order chi connectivity index (χ0) is 19.8. The largest absolute Gasteiger partial charge is 0.484 e. The minimum absolute atomic E-state index is 0.0551. The van der Waals surface area contributed by atoms with Crippen LogP contribution in [0.15, 0.2) is 73.1 Å². The summed E-state index contributed by atoms with van der Waals surface area (Å²) in [4.78, 5) is 28.1. The van der Waals surface area contributed by atoms with Crippen molar-refractivity contribution >= 4 is 17.5 Å². The average Bonchev–Trinajstić information content (AvgIpc) is 2.73. The summed E-state index contributed by atoms with van der Waals surface area (Å²) in [6.45, 7) is 2.27. The molecule has 0 saturated heterocycles. The molecule has 2 N–H and O–H groups in total. The predicted molar refractivity (Wildman–Crippen MR) is 107 cm³/mol. The average molecular weight is 375 g/mol. The molecular weight excluding hydrogens is 354 g/mol. The number of pyridine rings is 1. The van der Waals surface area contributed by atoms with Crippen molar-refractivity contribution < 1.29 is 14.3 Å². The Morgan fingerprint density at radius 3 is 2.61 bits per heavy atom. The first-order valence-electron chi connectivity index (χ1n) is 8.86. The molecule has 0 bridgehead atoms. The molecule has 1 aromatic heterocycles. The summed E-state index contributed by atoms with van der Waals surface area (Å²) in [6, 6.07) is 18.2. The zero-order valence-corrected chi connectivity index (χ0v) is 15.5. The van der Waals surface area contributed by atoms with E-state index in [0.717, 1.165) is 11.1 Å². The molecule has 6 nitrogen and oxygen atoms in total. The van der Waals surface area contributed by atoms with Crippen LogP contribution < -0.4 is 15.4 Å². The van der Waals surface area contributed by atoms with Crippen LogP contribution in [0.2, 0.25) is 0 Å². The summed E-state index contributed by atoms with van der Waals surface area (Å²) in [5.41, 5.74) is 3.13. The first-order chi connectivity index (χ1) is 13.6. The van der Waals surface area contributed by atoms with Gasteiger partial charge in [-0.25, -0.2) is 0 Å². The normalized spacial score (nSPS) is 10.2. The fourth-order valence-corrected chi connectivity index (χ4v) is 2.49. The first kappa shape index (κ1) is 19.1. The van der Waals surface area contributed by atoms with Crippen LogP contribution in [0, 0.1) is 6.92 Å². The van der Waals surface area contributed by atoms with Gasteiger partial charge in [0.15, 0.2) is 6.61 Å². The molecule has 0 aliphatic heterocycles. The highest BCUT2D eigenvalue weighted by atomic mass is 16.5. The van der Waals surface area contributed by atoms with Crippen LogP contribution in [-0.4, -0.2) is 23.4 Å². The number of nitrogens with one attached hydrogen (secondary N) is 2. The number of benzene rings is 2. The van der Waals surface area contributed by atoms with Gasteiger partial charge >= 0.3 is 0 Å². The summed E-state index contributed by atoms with van der Waals surface area (Å²) < 4.78 is 5.46. The van der Waals surface area contributed by atoms with Crippen LogP contribution >= 0.6 is 0 Å². The number of anilines is 1. The molecule has 0 fully saturated rings. The molecule has 142 valence electrons. The van der Waals surface area contributed by atoms with Crippen LogP contribution in [0.4, 0.5) is 5.69 Å². The van der Waals surface area contributed by atoms with Gasteiger partial charge in [0.05, 0.1) is 5.56 Å². The summed E-state index contributed by atoms with van der Waals surface area (Å²) in [6.07, 6.45) is 3.12. The van der Waals surface area contributed by atoms with Crippen molar-refractivity contribution in [1.29, 1.82) is 0 Å². The van der Waals surface area contributed by atoms with E-state index >= 15 is 0 Å². The van der Waals surface area contributed by atoms with Crippen LogP contribution in [0.1, 0.15) is 21.5 Å². The monoisotopic (exact) mass is 375 g/mol. The van der Waals surface area contributed by atoms with Gasteiger partial charge in [0.2, 0.25) is 0 Å². The third-order valence-corrected chi connectivity index (χ3v) is 3.99. The van der Waals surface area contributed by atoms with E-state index in [1.165, 1.54) is 6.20 Å². The van der Waals surface area contributed by atoms with Crippen molar-refractivity contribution in [1.82, 2.24) is 10.3 Å². The molecule has 0 aliphatic rings. The molecule has 1 heterocycles. The Balaban J connectivity index is 1.49. The quantitative estimate of drug-likeness (QED) is 0.664. The maximum absolute atomic E-state index is 12.2. The van der Waals surface area contributed by atoms with E-state index in [0.29, 0.717) is 23.5 Å². The second-order valence-corrected chi connectivity index (χ2v) is 6.27. The van der Waals surface area contributed by atoms with Crippen molar-refractivity contribution in [2.75, 3.05) is 11.9 Å². The van der Waals surface area contributed by atoms with Gasteiger partial charge in [-0.1, -0.05) is 29.8 Å². The number of carbonyl (C=O) groups excluding carboxylic acids is 2. The molecule has 3 rings (SSSR count). The standard InChI is InChI=1S/C22H21N3O3/c1-16-7-9-20(10-8-16)28-15-21(26)24-13-17-4-2-6-19(12-17)25-22(27)18-5-3-11-23-14-18/h2-12,14H,13,15H2,1H3,(H,24,26)(H,25,27). The lowest BCUT2D eigenvalue weighted by molar-refractivity contribution is -0.123.